The van der Waals surface area contributed by atoms with Crippen LogP contribution in [0.2, 0.25) is 0 Å². The average molecular weight is 331 g/mol. The molecule has 0 aliphatic heterocycles. The van der Waals surface area contributed by atoms with Crippen LogP contribution in [-0.2, 0) is 6.42 Å². The highest BCUT2D eigenvalue weighted by atomic mass is 79.9. The van der Waals surface area contributed by atoms with Gasteiger partial charge in [0.15, 0.2) is 0 Å². The van der Waals surface area contributed by atoms with Crippen LogP contribution in [0.5, 0.6) is 0 Å². The Morgan fingerprint density at radius 1 is 1.15 bits per heavy atom. The molecule has 3 rings (SSSR count). The molecule has 3 heteroatoms. The number of fused-ring (bicyclic) bond motifs is 1. The molecule has 0 saturated heterocycles. The van der Waals surface area contributed by atoms with Crippen molar-refractivity contribution in [3.8, 4) is 0 Å². The summed E-state index contributed by atoms with van der Waals surface area (Å²) in [5, 5.41) is 11.4. The minimum Gasteiger partial charge on any atom is -0.458 e. The molecule has 20 heavy (non-hydrogen) atoms. The molecule has 0 spiro atoms. The standard InChI is InChI=1S/C17H15BrO2/c1-11-4-2-6-13-10-16(20-17(11)13)15(19)9-12-5-3-7-14(18)8-12/h2-8,10,15,19H,9H2,1H3. The quantitative estimate of drug-likeness (QED) is 0.749. The van der Waals surface area contributed by atoms with E-state index in [9.17, 15) is 5.11 Å². The first-order chi connectivity index (χ1) is 9.63. The largest absolute Gasteiger partial charge is 0.458 e. The van der Waals surface area contributed by atoms with Crippen LogP contribution in [0.1, 0.15) is 23.0 Å². The molecule has 0 fully saturated rings. The van der Waals surface area contributed by atoms with Gasteiger partial charge in [-0.2, -0.15) is 0 Å². The van der Waals surface area contributed by atoms with Gasteiger partial charge in [0.25, 0.3) is 0 Å². The second-order valence-corrected chi connectivity index (χ2v) is 5.91. The fourth-order valence-electron chi connectivity index (χ4n) is 2.38. The molecule has 0 saturated carbocycles. The van der Waals surface area contributed by atoms with Crippen LogP contribution in [0.15, 0.2) is 57.4 Å². The van der Waals surface area contributed by atoms with Gasteiger partial charge in [-0.15, -0.1) is 0 Å². The number of aliphatic hydroxyl groups excluding tert-OH is 1. The Kier molecular flexibility index (Phi) is 3.64. The maximum atomic E-state index is 10.3. The number of furan rings is 1. The topological polar surface area (TPSA) is 33.4 Å². The molecule has 2 nitrogen and oxygen atoms in total. The van der Waals surface area contributed by atoms with Gasteiger partial charge in [0.05, 0.1) is 0 Å². The van der Waals surface area contributed by atoms with Crippen molar-refractivity contribution in [2.24, 2.45) is 0 Å². The van der Waals surface area contributed by atoms with Gasteiger partial charge in [-0.25, -0.2) is 0 Å². The van der Waals surface area contributed by atoms with Crippen LogP contribution >= 0.6 is 15.9 Å². The van der Waals surface area contributed by atoms with Crippen LogP contribution in [0.3, 0.4) is 0 Å². The zero-order valence-corrected chi connectivity index (χ0v) is 12.7. The van der Waals surface area contributed by atoms with E-state index < -0.39 is 6.10 Å². The molecule has 0 amide bonds. The molecule has 3 aromatic rings. The van der Waals surface area contributed by atoms with E-state index in [1.54, 1.807) is 0 Å². The lowest BCUT2D eigenvalue weighted by Gasteiger charge is -2.07. The number of rotatable bonds is 3. The second-order valence-electron chi connectivity index (χ2n) is 4.99. The fraction of sp³-hybridized carbons (Fsp3) is 0.176. The zero-order chi connectivity index (χ0) is 14.1. The SMILES string of the molecule is Cc1cccc2cc(C(O)Cc3cccc(Br)c3)oc12. The van der Waals surface area contributed by atoms with E-state index in [-0.39, 0.29) is 0 Å². The predicted molar refractivity (Wildman–Crippen MR) is 83.8 cm³/mol. The minimum absolute atomic E-state index is 0.540. The lowest BCUT2D eigenvalue weighted by molar-refractivity contribution is 0.152. The number of aliphatic hydroxyl groups is 1. The van der Waals surface area contributed by atoms with Crippen molar-refractivity contribution in [1.82, 2.24) is 0 Å². The zero-order valence-electron chi connectivity index (χ0n) is 11.1. The third-order valence-electron chi connectivity index (χ3n) is 3.41. The van der Waals surface area contributed by atoms with Gasteiger partial charge in [0.1, 0.15) is 17.4 Å². The number of hydrogen-bond acceptors (Lipinski definition) is 2. The number of aryl methyl sites for hydroxylation is 1. The van der Waals surface area contributed by atoms with E-state index in [0.29, 0.717) is 12.2 Å². The molecule has 2 aromatic carbocycles. The third kappa shape index (κ3) is 2.65. The summed E-state index contributed by atoms with van der Waals surface area (Å²) in [4.78, 5) is 0. The Hall–Kier alpha value is -1.58. The van der Waals surface area contributed by atoms with Crippen molar-refractivity contribution in [3.05, 3.63) is 69.9 Å². The number of hydrogen-bond donors (Lipinski definition) is 1. The van der Waals surface area contributed by atoms with Gasteiger partial charge >= 0.3 is 0 Å². The average Bonchev–Trinajstić information content (AvgIpc) is 2.84. The highest BCUT2D eigenvalue weighted by Crippen LogP contribution is 2.28. The van der Waals surface area contributed by atoms with Crippen LogP contribution in [0.25, 0.3) is 11.0 Å². The third-order valence-corrected chi connectivity index (χ3v) is 3.90. The maximum absolute atomic E-state index is 10.3. The smallest absolute Gasteiger partial charge is 0.137 e. The van der Waals surface area contributed by atoms with E-state index >= 15 is 0 Å². The minimum atomic E-state index is -0.629. The monoisotopic (exact) mass is 330 g/mol. The summed E-state index contributed by atoms with van der Waals surface area (Å²) in [5.74, 6) is 0.620. The van der Waals surface area contributed by atoms with E-state index in [2.05, 4.69) is 15.9 Å². The lowest BCUT2D eigenvalue weighted by Crippen LogP contribution is -2.00. The van der Waals surface area contributed by atoms with Crippen molar-refractivity contribution in [2.45, 2.75) is 19.4 Å². The molecule has 1 unspecified atom stereocenters. The Bertz CT molecular complexity index is 746. The van der Waals surface area contributed by atoms with Crippen LogP contribution in [0, 0.1) is 6.92 Å². The molecular formula is C17H15BrO2. The molecule has 1 heterocycles. The first-order valence-electron chi connectivity index (χ1n) is 6.55. The molecule has 1 N–H and O–H groups in total. The number of benzene rings is 2. The highest BCUT2D eigenvalue weighted by Gasteiger charge is 2.15. The highest BCUT2D eigenvalue weighted by molar-refractivity contribution is 9.10. The molecule has 1 atom stereocenters. The van der Waals surface area contributed by atoms with Gasteiger partial charge in [-0.05, 0) is 36.2 Å². The summed E-state index contributed by atoms with van der Waals surface area (Å²) in [6.07, 6.45) is -0.0886. The van der Waals surface area contributed by atoms with E-state index in [0.717, 1.165) is 26.6 Å². The van der Waals surface area contributed by atoms with Crippen molar-refractivity contribution in [3.63, 3.8) is 0 Å². The Morgan fingerprint density at radius 2 is 1.95 bits per heavy atom. The van der Waals surface area contributed by atoms with Gasteiger partial charge in [-0.1, -0.05) is 46.3 Å². The molecule has 1 aromatic heterocycles. The molecule has 102 valence electrons. The van der Waals surface area contributed by atoms with Gasteiger partial charge in [0, 0.05) is 16.3 Å². The predicted octanol–water partition coefficient (Wildman–Crippen LogP) is 4.78. The molecule has 0 radical (unpaired) electrons. The molecule has 0 aliphatic rings. The van der Waals surface area contributed by atoms with Crippen molar-refractivity contribution in [1.29, 1.82) is 0 Å². The second kappa shape index (κ2) is 5.43. The van der Waals surface area contributed by atoms with Crippen LogP contribution < -0.4 is 0 Å². The van der Waals surface area contributed by atoms with E-state index in [1.807, 2.05) is 55.5 Å². The van der Waals surface area contributed by atoms with Crippen molar-refractivity contribution < 1.29 is 9.52 Å². The Morgan fingerprint density at radius 3 is 2.70 bits per heavy atom. The lowest BCUT2D eigenvalue weighted by atomic mass is 10.1. The first kappa shape index (κ1) is 13.4. The van der Waals surface area contributed by atoms with Crippen molar-refractivity contribution in [2.75, 3.05) is 0 Å². The summed E-state index contributed by atoms with van der Waals surface area (Å²) in [6.45, 7) is 2.01. The molecule has 0 aliphatic carbocycles. The Balaban J connectivity index is 1.89. The summed E-state index contributed by atoms with van der Waals surface area (Å²) >= 11 is 3.44. The van der Waals surface area contributed by atoms with Crippen LogP contribution in [0.4, 0.5) is 0 Å². The maximum Gasteiger partial charge on any atom is 0.137 e. The molecular weight excluding hydrogens is 316 g/mol. The summed E-state index contributed by atoms with van der Waals surface area (Å²) in [6, 6.07) is 15.9. The number of halogens is 1. The fourth-order valence-corrected chi connectivity index (χ4v) is 2.83. The Labute approximate surface area is 126 Å². The van der Waals surface area contributed by atoms with Crippen molar-refractivity contribution >= 4 is 26.9 Å². The van der Waals surface area contributed by atoms with Crippen LogP contribution in [-0.4, -0.2) is 5.11 Å². The summed E-state index contributed by atoms with van der Waals surface area (Å²) in [5.41, 5.74) is 3.02. The summed E-state index contributed by atoms with van der Waals surface area (Å²) < 4.78 is 6.82. The molecule has 0 bridgehead atoms. The van der Waals surface area contributed by atoms with E-state index in [4.69, 9.17) is 4.42 Å². The van der Waals surface area contributed by atoms with Gasteiger partial charge in [-0.3, -0.25) is 0 Å². The van der Waals surface area contributed by atoms with E-state index in [1.165, 1.54) is 0 Å². The first-order valence-corrected chi connectivity index (χ1v) is 7.34. The van der Waals surface area contributed by atoms with Gasteiger partial charge in [0.2, 0.25) is 0 Å². The normalized spacial score (nSPS) is 12.8. The number of para-hydroxylation sites is 1. The summed E-state index contributed by atoms with van der Waals surface area (Å²) in [7, 11) is 0. The van der Waals surface area contributed by atoms with Gasteiger partial charge < -0.3 is 9.52 Å².